The fourth-order valence-corrected chi connectivity index (χ4v) is 2.54. The maximum atomic E-state index is 5.23. The summed E-state index contributed by atoms with van der Waals surface area (Å²) in [4.78, 5) is 2.55. The van der Waals surface area contributed by atoms with Crippen LogP contribution in [0.15, 0.2) is 30.3 Å². The van der Waals surface area contributed by atoms with Crippen molar-refractivity contribution >= 4 is 0 Å². The summed E-state index contributed by atoms with van der Waals surface area (Å²) in [6, 6.07) is 10.7. The zero-order valence-electron chi connectivity index (χ0n) is 10.9. The van der Waals surface area contributed by atoms with Gasteiger partial charge in [0.1, 0.15) is 0 Å². The van der Waals surface area contributed by atoms with Crippen molar-refractivity contribution < 1.29 is 0 Å². The summed E-state index contributed by atoms with van der Waals surface area (Å²) >= 11 is 0. The van der Waals surface area contributed by atoms with Crippen molar-refractivity contribution in [2.75, 3.05) is 26.2 Å². The minimum absolute atomic E-state index is 0.699. The average Bonchev–Trinajstić information content (AvgIpc) is 2.42. The first kappa shape index (κ1) is 13.1. The Bertz CT molecular complexity index is 372. The van der Waals surface area contributed by atoms with Gasteiger partial charge in [0.2, 0.25) is 0 Å². The zero-order chi connectivity index (χ0) is 12.6. The maximum absolute atomic E-state index is 5.23. The molecular formula is C16H22N2. The molecule has 0 unspecified atom stereocenters. The van der Waals surface area contributed by atoms with Crippen LogP contribution in [-0.2, 0) is 6.54 Å². The Hall–Kier alpha value is -1.30. The van der Waals surface area contributed by atoms with Gasteiger partial charge in [-0.25, -0.2) is 0 Å². The third-order valence-electron chi connectivity index (χ3n) is 3.62. The SMILES string of the molecule is C#CCNCC1CCN(Cc2ccccc2)CC1. The molecule has 0 radical (unpaired) electrons. The first-order valence-electron chi connectivity index (χ1n) is 6.79. The van der Waals surface area contributed by atoms with E-state index in [0.717, 1.165) is 19.0 Å². The number of nitrogens with zero attached hydrogens (tertiary/aromatic N) is 1. The highest BCUT2D eigenvalue weighted by Gasteiger charge is 2.18. The highest BCUT2D eigenvalue weighted by molar-refractivity contribution is 5.14. The van der Waals surface area contributed by atoms with E-state index in [-0.39, 0.29) is 0 Å². The zero-order valence-corrected chi connectivity index (χ0v) is 10.9. The van der Waals surface area contributed by atoms with Crippen molar-refractivity contribution in [3.8, 4) is 12.3 Å². The summed E-state index contributed by atoms with van der Waals surface area (Å²) in [5, 5.41) is 3.31. The lowest BCUT2D eigenvalue weighted by molar-refractivity contribution is 0.176. The van der Waals surface area contributed by atoms with Crippen LogP contribution in [0.5, 0.6) is 0 Å². The Balaban J connectivity index is 1.69. The van der Waals surface area contributed by atoms with Gasteiger partial charge in [-0.3, -0.25) is 4.90 Å². The molecule has 96 valence electrons. The van der Waals surface area contributed by atoms with E-state index in [1.165, 1.54) is 31.5 Å². The fraction of sp³-hybridized carbons (Fsp3) is 0.500. The largest absolute Gasteiger partial charge is 0.306 e. The molecule has 1 saturated heterocycles. The van der Waals surface area contributed by atoms with Crippen LogP contribution in [-0.4, -0.2) is 31.1 Å². The van der Waals surface area contributed by atoms with Crippen LogP contribution in [0, 0.1) is 18.3 Å². The number of nitrogens with one attached hydrogen (secondary N) is 1. The second kappa shape index (κ2) is 7.20. The molecule has 2 nitrogen and oxygen atoms in total. The summed E-state index contributed by atoms with van der Waals surface area (Å²) in [5.74, 6) is 3.42. The van der Waals surface area contributed by atoms with Gasteiger partial charge in [-0.15, -0.1) is 6.42 Å². The molecule has 0 amide bonds. The molecular weight excluding hydrogens is 220 g/mol. The quantitative estimate of drug-likeness (QED) is 0.628. The first-order chi connectivity index (χ1) is 8.88. The molecule has 1 aromatic rings. The van der Waals surface area contributed by atoms with Gasteiger partial charge in [0.15, 0.2) is 0 Å². The number of rotatable bonds is 5. The Labute approximate surface area is 110 Å². The maximum Gasteiger partial charge on any atom is 0.0573 e. The standard InChI is InChI=1S/C16H22N2/c1-2-10-17-13-15-8-11-18(12-9-15)14-16-6-4-3-5-7-16/h1,3-7,15,17H,8-14H2. The second-order valence-electron chi connectivity index (χ2n) is 5.04. The van der Waals surface area contributed by atoms with Crippen LogP contribution in [0.25, 0.3) is 0 Å². The van der Waals surface area contributed by atoms with E-state index < -0.39 is 0 Å². The minimum Gasteiger partial charge on any atom is -0.306 e. The number of terminal acetylenes is 1. The van der Waals surface area contributed by atoms with E-state index in [0.29, 0.717) is 6.54 Å². The molecule has 1 heterocycles. The van der Waals surface area contributed by atoms with Gasteiger partial charge in [-0.05, 0) is 44.0 Å². The molecule has 1 aromatic carbocycles. The van der Waals surface area contributed by atoms with Crippen molar-refractivity contribution in [2.45, 2.75) is 19.4 Å². The van der Waals surface area contributed by atoms with Crippen LogP contribution in [0.3, 0.4) is 0 Å². The smallest absolute Gasteiger partial charge is 0.0573 e. The average molecular weight is 242 g/mol. The molecule has 0 aromatic heterocycles. The Morgan fingerprint density at radius 3 is 2.61 bits per heavy atom. The Morgan fingerprint density at radius 1 is 1.22 bits per heavy atom. The molecule has 0 saturated carbocycles. The second-order valence-corrected chi connectivity index (χ2v) is 5.04. The van der Waals surface area contributed by atoms with Gasteiger partial charge in [0, 0.05) is 6.54 Å². The molecule has 1 aliphatic heterocycles. The van der Waals surface area contributed by atoms with Gasteiger partial charge in [-0.1, -0.05) is 36.3 Å². The lowest BCUT2D eigenvalue weighted by Crippen LogP contribution is -2.36. The van der Waals surface area contributed by atoms with E-state index >= 15 is 0 Å². The normalized spacial score (nSPS) is 17.5. The van der Waals surface area contributed by atoms with Crippen molar-refractivity contribution in [3.63, 3.8) is 0 Å². The summed E-state index contributed by atoms with van der Waals surface area (Å²) in [7, 11) is 0. The van der Waals surface area contributed by atoms with Crippen molar-refractivity contribution in [1.82, 2.24) is 10.2 Å². The molecule has 1 fully saturated rings. The molecule has 1 aliphatic rings. The molecule has 0 bridgehead atoms. The fourth-order valence-electron chi connectivity index (χ4n) is 2.54. The van der Waals surface area contributed by atoms with E-state index in [4.69, 9.17) is 6.42 Å². The van der Waals surface area contributed by atoms with Crippen LogP contribution in [0.1, 0.15) is 18.4 Å². The number of likely N-dealkylation sites (tertiary alicyclic amines) is 1. The van der Waals surface area contributed by atoms with Gasteiger partial charge in [0.25, 0.3) is 0 Å². The summed E-state index contributed by atoms with van der Waals surface area (Å²) in [5.41, 5.74) is 1.42. The number of hydrogen-bond acceptors (Lipinski definition) is 2. The Morgan fingerprint density at radius 2 is 1.94 bits per heavy atom. The van der Waals surface area contributed by atoms with Gasteiger partial charge in [0.05, 0.1) is 6.54 Å². The number of piperidine rings is 1. The van der Waals surface area contributed by atoms with Gasteiger partial charge in [-0.2, -0.15) is 0 Å². The monoisotopic (exact) mass is 242 g/mol. The van der Waals surface area contributed by atoms with Crippen molar-refractivity contribution in [2.24, 2.45) is 5.92 Å². The van der Waals surface area contributed by atoms with Gasteiger partial charge < -0.3 is 5.32 Å². The third kappa shape index (κ3) is 4.18. The van der Waals surface area contributed by atoms with Gasteiger partial charge >= 0.3 is 0 Å². The summed E-state index contributed by atoms with van der Waals surface area (Å²) in [6.07, 6.45) is 7.80. The number of benzene rings is 1. The number of hydrogen-bond donors (Lipinski definition) is 1. The molecule has 2 heteroatoms. The molecule has 2 rings (SSSR count). The van der Waals surface area contributed by atoms with E-state index in [1.54, 1.807) is 0 Å². The van der Waals surface area contributed by atoms with E-state index in [1.807, 2.05) is 0 Å². The van der Waals surface area contributed by atoms with Crippen LogP contribution in [0.2, 0.25) is 0 Å². The summed E-state index contributed by atoms with van der Waals surface area (Å²) in [6.45, 7) is 5.27. The lowest BCUT2D eigenvalue weighted by atomic mass is 9.96. The minimum atomic E-state index is 0.699. The third-order valence-corrected chi connectivity index (χ3v) is 3.62. The Kier molecular flexibility index (Phi) is 5.26. The van der Waals surface area contributed by atoms with Crippen LogP contribution >= 0.6 is 0 Å². The molecule has 0 spiro atoms. The topological polar surface area (TPSA) is 15.3 Å². The molecule has 1 N–H and O–H groups in total. The van der Waals surface area contributed by atoms with E-state index in [2.05, 4.69) is 46.5 Å². The molecule has 0 aliphatic carbocycles. The molecule has 0 atom stereocenters. The predicted molar refractivity (Wildman–Crippen MR) is 76.1 cm³/mol. The highest BCUT2D eigenvalue weighted by Crippen LogP contribution is 2.18. The van der Waals surface area contributed by atoms with Crippen LogP contribution < -0.4 is 5.32 Å². The van der Waals surface area contributed by atoms with Crippen molar-refractivity contribution in [1.29, 1.82) is 0 Å². The predicted octanol–water partition coefficient (Wildman–Crippen LogP) is 2.12. The van der Waals surface area contributed by atoms with Crippen LogP contribution in [0.4, 0.5) is 0 Å². The highest BCUT2D eigenvalue weighted by atomic mass is 15.1. The van der Waals surface area contributed by atoms with E-state index in [9.17, 15) is 0 Å². The first-order valence-corrected chi connectivity index (χ1v) is 6.79. The van der Waals surface area contributed by atoms with Crippen molar-refractivity contribution in [3.05, 3.63) is 35.9 Å². The molecule has 18 heavy (non-hydrogen) atoms. The lowest BCUT2D eigenvalue weighted by Gasteiger charge is -2.32. The summed E-state index contributed by atoms with van der Waals surface area (Å²) < 4.78 is 0.